The van der Waals surface area contributed by atoms with Gasteiger partial charge in [-0.3, -0.25) is 4.79 Å². The Kier molecular flexibility index (Phi) is 3.52. The highest BCUT2D eigenvalue weighted by atomic mass is 16.5. The lowest BCUT2D eigenvalue weighted by Gasteiger charge is -2.10. The van der Waals surface area contributed by atoms with Gasteiger partial charge >= 0.3 is 0 Å². The van der Waals surface area contributed by atoms with Gasteiger partial charge in [-0.05, 0) is 12.0 Å². The van der Waals surface area contributed by atoms with Crippen molar-refractivity contribution in [1.82, 2.24) is 5.16 Å². The van der Waals surface area contributed by atoms with Gasteiger partial charge in [0.1, 0.15) is 12.0 Å². The number of nitrogens with one attached hydrogen (secondary N) is 1. The molecule has 0 saturated heterocycles. The quantitative estimate of drug-likeness (QED) is 0.828. The van der Waals surface area contributed by atoms with Gasteiger partial charge in [-0.2, -0.15) is 0 Å². The number of rotatable bonds is 4. The van der Waals surface area contributed by atoms with E-state index < -0.39 is 6.04 Å². The van der Waals surface area contributed by atoms with Gasteiger partial charge in [-0.25, -0.2) is 0 Å². The van der Waals surface area contributed by atoms with Crippen molar-refractivity contribution in [3.63, 3.8) is 0 Å². The molecule has 0 fully saturated rings. The van der Waals surface area contributed by atoms with Crippen LogP contribution < -0.4 is 11.1 Å². The summed E-state index contributed by atoms with van der Waals surface area (Å²) in [5.41, 5.74) is 7.34. The molecule has 2 aromatic rings. The second kappa shape index (κ2) is 5.27. The van der Waals surface area contributed by atoms with Crippen LogP contribution in [0.15, 0.2) is 47.3 Å². The van der Waals surface area contributed by atoms with Crippen LogP contribution in [-0.2, 0) is 11.2 Å². The van der Waals surface area contributed by atoms with Crippen LogP contribution >= 0.6 is 0 Å². The van der Waals surface area contributed by atoms with Gasteiger partial charge < -0.3 is 15.6 Å². The molecule has 88 valence electrons. The number of carbonyl (C=O) groups excluding carboxylic acids is 1. The molecule has 0 radical (unpaired) electrons. The summed E-state index contributed by atoms with van der Waals surface area (Å²) in [4.78, 5) is 11.7. The molecule has 0 spiro atoms. The molecule has 0 unspecified atom stereocenters. The molecule has 1 aromatic carbocycles. The lowest BCUT2D eigenvalue weighted by Crippen LogP contribution is -2.37. The van der Waals surface area contributed by atoms with Gasteiger partial charge in [-0.1, -0.05) is 35.5 Å². The number of amides is 1. The fourth-order valence-corrected chi connectivity index (χ4v) is 1.46. The second-order valence-corrected chi connectivity index (χ2v) is 3.70. The van der Waals surface area contributed by atoms with Gasteiger partial charge in [0.25, 0.3) is 0 Å². The Bertz CT molecular complexity index is 468. The van der Waals surface area contributed by atoms with Crippen LogP contribution in [0.5, 0.6) is 0 Å². The van der Waals surface area contributed by atoms with Gasteiger partial charge in [0.2, 0.25) is 5.91 Å². The van der Waals surface area contributed by atoms with E-state index in [4.69, 9.17) is 5.73 Å². The zero-order valence-electron chi connectivity index (χ0n) is 9.17. The standard InChI is InChI=1S/C12H13N3O2/c13-11(6-9-4-2-1-3-5-9)12(16)15-10-7-14-17-8-10/h1-5,7-8,11H,6,13H2,(H,15,16)/t11-/m1/s1. The highest BCUT2D eigenvalue weighted by molar-refractivity contribution is 5.94. The SMILES string of the molecule is N[C@H](Cc1ccccc1)C(=O)Nc1cnoc1. The van der Waals surface area contributed by atoms with Crippen molar-refractivity contribution in [3.8, 4) is 0 Å². The third-order valence-electron chi connectivity index (χ3n) is 2.34. The first kappa shape index (κ1) is 11.3. The highest BCUT2D eigenvalue weighted by Crippen LogP contribution is 2.06. The van der Waals surface area contributed by atoms with Crippen LogP contribution in [0, 0.1) is 0 Å². The van der Waals surface area contributed by atoms with E-state index in [9.17, 15) is 4.79 Å². The Hall–Kier alpha value is -2.14. The zero-order chi connectivity index (χ0) is 12.1. The molecule has 1 aromatic heterocycles. The van der Waals surface area contributed by atoms with Gasteiger partial charge in [0, 0.05) is 0 Å². The summed E-state index contributed by atoms with van der Waals surface area (Å²) in [6.45, 7) is 0. The summed E-state index contributed by atoms with van der Waals surface area (Å²) in [7, 11) is 0. The molecule has 2 rings (SSSR count). The fraction of sp³-hybridized carbons (Fsp3) is 0.167. The van der Waals surface area contributed by atoms with Crippen LogP contribution in [0.1, 0.15) is 5.56 Å². The molecule has 17 heavy (non-hydrogen) atoms. The Labute approximate surface area is 98.6 Å². The van der Waals surface area contributed by atoms with Gasteiger partial charge in [0.15, 0.2) is 0 Å². The maximum Gasteiger partial charge on any atom is 0.241 e. The largest absolute Gasteiger partial charge is 0.363 e. The Morgan fingerprint density at radius 3 is 2.82 bits per heavy atom. The number of aromatic nitrogens is 1. The minimum atomic E-state index is -0.590. The highest BCUT2D eigenvalue weighted by Gasteiger charge is 2.14. The zero-order valence-corrected chi connectivity index (χ0v) is 9.17. The van der Waals surface area contributed by atoms with Crippen molar-refractivity contribution < 1.29 is 9.32 Å². The van der Waals surface area contributed by atoms with Crippen LogP contribution in [0.3, 0.4) is 0 Å². The number of nitrogens with two attached hydrogens (primary N) is 1. The molecule has 0 aliphatic carbocycles. The van der Waals surface area contributed by atoms with Crippen molar-refractivity contribution in [2.75, 3.05) is 5.32 Å². The number of hydrogen-bond donors (Lipinski definition) is 2. The van der Waals surface area contributed by atoms with Crippen molar-refractivity contribution in [1.29, 1.82) is 0 Å². The molecule has 1 atom stereocenters. The second-order valence-electron chi connectivity index (χ2n) is 3.70. The normalized spacial score (nSPS) is 12.1. The predicted octanol–water partition coefficient (Wildman–Crippen LogP) is 1.18. The maximum atomic E-state index is 11.7. The first-order valence-electron chi connectivity index (χ1n) is 5.25. The van der Waals surface area contributed by atoms with Gasteiger partial charge in [-0.15, -0.1) is 0 Å². The van der Waals surface area contributed by atoms with E-state index >= 15 is 0 Å². The van der Waals surface area contributed by atoms with Crippen LogP contribution in [0.4, 0.5) is 5.69 Å². The first-order valence-corrected chi connectivity index (χ1v) is 5.25. The molecular weight excluding hydrogens is 218 g/mol. The Morgan fingerprint density at radius 1 is 1.41 bits per heavy atom. The topological polar surface area (TPSA) is 81.2 Å². The average Bonchev–Trinajstić information content (AvgIpc) is 2.83. The summed E-state index contributed by atoms with van der Waals surface area (Å²) < 4.78 is 4.61. The molecule has 0 bridgehead atoms. The third kappa shape index (κ3) is 3.15. The lowest BCUT2D eigenvalue weighted by molar-refractivity contribution is -0.117. The predicted molar refractivity (Wildman–Crippen MR) is 63.3 cm³/mol. The minimum absolute atomic E-state index is 0.253. The lowest BCUT2D eigenvalue weighted by atomic mass is 10.1. The molecule has 1 amide bonds. The van der Waals surface area contributed by atoms with Crippen LogP contribution in [0.25, 0.3) is 0 Å². The summed E-state index contributed by atoms with van der Waals surface area (Å²) in [5, 5.41) is 6.11. The van der Waals surface area contributed by atoms with Crippen LogP contribution in [-0.4, -0.2) is 17.1 Å². The summed E-state index contributed by atoms with van der Waals surface area (Å²) in [5.74, 6) is -0.253. The molecule has 0 saturated carbocycles. The molecule has 1 heterocycles. The van der Waals surface area contributed by atoms with Crippen LogP contribution in [0.2, 0.25) is 0 Å². The maximum absolute atomic E-state index is 11.7. The van der Waals surface area contributed by atoms with Gasteiger partial charge in [0.05, 0.1) is 12.2 Å². The van der Waals surface area contributed by atoms with Crippen molar-refractivity contribution in [2.45, 2.75) is 12.5 Å². The van der Waals surface area contributed by atoms with E-state index in [0.29, 0.717) is 12.1 Å². The molecule has 5 nitrogen and oxygen atoms in total. The van der Waals surface area contributed by atoms with E-state index in [1.54, 1.807) is 0 Å². The monoisotopic (exact) mass is 231 g/mol. The van der Waals surface area contributed by atoms with E-state index in [0.717, 1.165) is 5.56 Å². The third-order valence-corrected chi connectivity index (χ3v) is 2.34. The van der Waals surface area contributed by atoms with Crippen molar-refractivity contribution in [3.05, 3.63) is 48.4 Å². The summed E-state index contributed by atoms with van der Waals surface area (Å²) in [6.07, 6.45) is 3.28. The minimum Gasteiger partial charge on any atom is -0.363 e. The molecule has 0 aliphatic heterocycles. The van der Waals surface area contributed by atoms with E-state index in [2.05, 4.69) is 15.0 Å². The smallest absolute Gasteiger partial charge is 0.241 e. The number of nitrogens with zero attached hydrogens (tertiary/aromatic N) is 1. The van der Waals surface area contributed by atoms with E-state index in [1.807, 2.05) is 30.3 Å². The molecular formula is C12H13N3O2. The van der Waals surface area contributed by atoms with Crippen molar-refractivity contribution >= 4 is 11.6 Å². The molecule has 0 aliphatic rings. The van der Waals surface area contributed by atoms with E-state index in [-0.39, 0.29) is 5.91 Å². The average molecular weight is 231 g/mol. The number of benzene rings is 1. The number of anilines is 1. The molecule has 3 N–H and O–H groups in total. The number of carbonyl (C=O) groups is 1. The summed E-state index contributed by atoms with van der Waals surface area (Å²) >= 11 is 0. The Balaban J connectivity index is 1.92. The first-order chi connectivity index (χ1) is 8.25. The Morgan fingerprint density at radius 2 is 2.18 bits per heavy atom. The fourth-order valence-electron chi connectivity index (χ4n) is 1.46. The van der Waals surface area contributed by atoms with Crippen molar-refractivity contribution in [2.24, 2.45) is 5.73 Å². The molecule has 5 heteroatoms. The summed E-state index contributed by atoms with van der Waals surface area (Å²) in [6, 6.07) is 9.04. The number of hydrogen-bond acceptors (Lipinski definition) is 4. The van der Waals surface area contributed by atoms with E-state index in [1.165, 1.54) is 12.5 Å².